The van der Waals surface area contributed by atoms with E-state index in [1.165, 1.54) is 11.3 Å². The molecule has 0 aliphatic heterocycles. The van der Waals surface area contributed by atoms with Crippen LogP contribution in [0.15, 0.2) is 24.1 Å². The van der Waals surface area contributed by atoms with E-state index >= 15 is 0 Å². The standard InChI is InChI=1S/C10H12ClNOS/c1-2-3-4-6-12-10(13)9-8(11)5-7-14-9/h2,5,7H,1,3-4,6H2,(H,12,13). The lowest BCUT2D eigenvalue weighted by molar-refractivity contribution is 0.0957. The molecule has 1 N–H and O–H groups in total. The molecule has 1 amide bonds. The Morgan fingerprint density at radius 2 is 2.50 bits per heavy atom. The molecule has 1 rings (SSSR count). The molecule has 0 atom stereocenters. The molecule has 0 spiro atoms. The monoisotopic (exact) mass is 229 g/mol. The topological polar surface area (TPSA) is 29.1 Å². The fourth-order valence-electron chi connectivity index (χ4n) is 0.984. The van der Waals surface area contributed by atoms with Gasteiger partial charge in [-0.3, -0.25) is 4.79 Å². The molecule has 76 valence electrons. The summed E-state index contributed by atoms with van der Waals surface area (Å²) < 4.78 is 0. The molecule has 2 nitrogen and oxygen atoms in total. The second-order valence-electron chi connectivity index (χ2n) is 2.78. The van der Waals surface area contributed by atoms with Gasteiger partial charge in [0.15, 0.2) is 0 Å². The zero-order chi connectivity index (χ0) is 10.4. The molecule has 0 aliphatic rings. The van der Waals surface area contributed by atoms with Crippen LogP contribution in [0.25, 0.3) is 0 Å². The van der Waals surface area contributed by atoms with Gasteiger partial charge in [0.2, 0.25) is 0 Å². The summed E-state index contributed by atoms with van der Waals surface area (Å²) in [5.74, 6) is -0.0888. The maximum absolute atomic E-state index is 11.5. The lowest BCUT2D eigenvalue weighted by Crippen LogP contribution is -2.23. The van der Waals surface area contributed by atoms with Crippen molar-refractivity contribution in [3.8, 4) is 0 Å². The zero-order valence-corrected chi connectivity index (χ0v) is 9.33. The Hall–Kier alpha value is -0.800. The van der Waals surface area contributed by atoms with E-state index in [0.717, 1.165) is 12.8 Å². The lowest BCUT2D eigenvalue weighted by atomic mass is 10.3. The second-order valence-corrected chi connectivity index (χ2v) is 4.11. The summed E-state index contributed by atoms with van der Waals surface area (Å²) in [5, 5.41) is 5.13. The molecule has 0 fully saturated rings. The highest BCUT2D eigenvalue weighted by atomic mass is 35.5. The van der Waals surface area contributed by atoms with Crippen LogP contribution in [0, 0.1) is 0 Å². The summed E-state index contributed by atoms with van der Waals surface area (Å²) in [7, 11) is 0. The molecular formula is C10H12ClNOS. The molecule has 0 radical (unpaired) electrons. The third-order valence-electron chi connectivity index (χ3n) is 1.69. The zero-order valence-electron chi connectivity index (χ0n) is 7.75. The first-order valence-corrected chi connectivity index (χ1v) is 5.63. The first-order chi connectivity index (χ1) is 6.75. The van der Waals surface area contributed by atoms with Crippen LogP contribution < -0.4 is 5.32 Å². The predicted molar refractivity (Wildman–Crippen MR) is 61.1 cm³/mol. The Balaban J connectivity index is 2.36. The van der Waals surface area contributed by atoms with Gasteiger partial charge in [-0.05, 0) is 24.3 Å². The van der Waals surface area contributed by atoms with E-state index in [1.54, 1.807) is 11.4 Å². The number of carbonyl (C=O) groups excluding carboxylic acids is 1. The number of halogens is 1. The van der Waals surface area contributed by atoms with Crippen molar-refractivity contribution in [3.05, 3.63) is 34.0 Å². The Labute approximate surface area is 92.6 Å². The fourth-order valence-corrected chi connectivity index (χ4v) is 2.04. The van der Waals surface area contributed by atoms with Crippen LogP contribution >= 0.6 is 22.9 Å². The Kier molecular flexibility index (Phi) is 4.70. The summed E-state index contributed by atoms with van der Waals surface area (Å²) >= 11 is 7.17. The number of unbranched alkanes of at least 4 members (excludes halogenated alkanes) is 1. The molecule has 0 bridgehead atoms. The van der Waals surface area contributed by atoms with Crippen molar-refractivity contribution in [2.75, 3.05) is 6.54 Å². The van der Waals surface area contributed by atoms with Crippen LogP contribution in [0.5, 0.6) is 0 Å². The van der Waals surface area contributed by atoms with Gasteiger partial charge >= 0.3 is 0 Å². The number of rotatable bonds is 5. The van der Waals surface area contributed by atoms with E-state index in [0.29, 0.717) is 16.4 Å². The van der Waals surface area contributed by atoms with E-state index < -0.39 is 0 Å². The number of hydrogen-bond acceptors (Lipinski definition) is 2. The number of hydrogen-bond donors (Lipinski definition) is 1. The Morgan fingerprint density at radius 1 is 1.71 bits per heavy atom. The minimum atomic E-state index is -0.0888. The maximum atomic E-state index is 11.5. The normalized spacial score (nSPS) is 9.79. The van der Waals surface area contributed by atoms with Gasteiger partial charge in [0.05, 0.1) is 5.02 Å². The van der Waals surface area contributed by atoms with Gasteiger partial charge in [0.1, 0.15) is 4.88 Å². The third kappa shape index (κ3) is 3.16. The highest BCUT2D eigenvalue weighted by molar-refractivity contribution is 7.12. The van der Waals surface area contributed by atoms with E-state index in [4.69, 9.17) is 11.6 Å². The SMILES string of the molecule is C=CCCCNC(=O)c1sccc1Cl. The van der Waals surface area contributed by atoms with Crippen LogP contribution in [0.4, 0.5) is 0 Å². The maximum Gasteiger partial charge on any atom is 0.262 e. The average Bonchev–Trinajstić information content (AvgIpc) is 2.59. The van der Waals surface area contributed by atoms with Crippen molar-refractivity contribution in [2.24, 2.45) is 0 Å². The Bertz CT molecular complexity index is 322. The first-order valence-electron chi connectivity index (χ1n) is 4.37. The van der Waals surface area contributed by atoms with Gasteiger partial charge in [-0.25, -0.2) is 0 Å². The Morgan fingerprint density at radius 3 is 3.07 bits per heavy atom. The van der Waals surface area contributed by atoms with Gasteiger partial charge in [-0.1, -0.05) is 17.7 Å². The summed E-state index contributed by atoms with van der Waals surface area (Å²) in [6, 6.07) is 1.73. The summed E-state index contributed by atoms with van der Waals surface area (Å²) in [4.78, 5) is 12.1. The van der Waals surface area contributed by atoms with E-state index in [9.17, 15) is 4.79 Å². The van der Waals surface area contributed by atoms with Crippen LogP contribution in [0.3, 0.4) is 0 Å². The summed E-state index contributed by atoms with van der Waals surface area (Å²) in [5.41, 5.74) is 0. The largest absolute Gasteiger partial charge is 0.351 e. The molecule has 1 aromatic rings. The molecule has 1 heterocycles. The van der Waals surface area contributed by atoms with Crippen molar-refractivity contribution >= 4 is 28.8 Å². The quantitative estimate of drug-likeness (QED) is 0.610. The molecule has 14 heavy (non-hydrogen) atoms. The van der Waals surface area contributed by atoms with Crippen LogP contribution in [0.2, 0.25) is 5.02 Å². The minimum Gasteiger partial charge on any atom is -0.351 e. The van der Waals surface area contributed by atoms with Crippen molar-refractivity contribution in [1.82, 2.24) is 5.32 Å². The highest BCUT2D eigenvalue weighted by Gasteiger charge is 2.10. The van der Waals surface area contributed by atoms with Gasteiger partial charge in [-0.15, -0.1) is 17.9 Å². The van der Waals surface area contributed by atoms with Crippen molar-refractivity contribution in [3.63, 3.8) is 0 Å². The van der Waals surface area contributed by atoms with E-state index in [1.807, 2.05) is 6.08 Å². The second kappa shape index (κ2) is 5.83. The lowest BCUT2D eigenvalue weighted by Gasteiger charge is -2.01. The molecule has 0 saturated heterocycles. The molecule has 1 aromatic heterocycles. The first kappa shape index (κ1) is 11.3. The van der Waals surface area contributed by atoms with Crippen LogP contribution in [-0.4, -0.2) is 12.5 Å². The predicted octanol–water partition coefficient (Wildman–Crippen LogP) is 3.10. The van der Waals surface area contributed by atoms with Crippen molar-refractivity contribution in [1.29, 1.82) is 0 Å². The number of nitrogens with one attached hydrogen (secondary N) is 1. The van der Waals surface area contributed by atoms with Gasteiger partial charge in [0.25, 0.3) is 5.91 Å². The smallest absolute Gasteiger partial charge is 0.262 e. The van der Waals surface area contributed by atoms with E-state index in [-0.39, 0.29) is 5.91 Å². The molecule has 4 heteroatoms. The minimum absolute atomic E-state index is 0.0888. The molecule has 0 unspecified atom stereocenters. The van der Waals surface area contributed by atoms with Crippen molar-refractivity contribution < 1.29 is 4.79 Å². The number of allylic oxidation sites excluding steroid dienone is 1. The average molecular weight is 230 g/mol. The van der Waals surface area contributed by atoms with Gasteiger partial charge in [-0.2, -0.15) is 0 Å². The number of carbonyl (C=O) groups is 1. The van der Waals surface area contributed by atoms with Gasteiger partial charge < -0.3 is 5.32 Å². The van der Waals surface area contributed by atoms with Crippen molar-refractivity contribution in [2.45, 2.75) is 12.8 Å². The molecule has 0 aliphatic carbocycles. The molecule has 0 aromatic carbocycles. The van der Waals surface area contributed by atoms with E-state index in [2.05, 4.69) is 11.9 Å². The summed E-state index contributed by atoms with van der Waals surface area (Å²) in [6.45, 7) is 4.28. The molecular weight excluding hydrogens is 218 g/mol. The van der Waals surface area contributed by atoms with Gasteiger partial charge in [0, 0.05) is 6.54 Å². The number of thiophene rings is 1. The third-order valence-corrected chi connectivity index (χ3v) is 3.03. The molecule has 0 saturated carbocycles. The highest BCUT2D eigenvalue weighted by Crippen LogP contribution is 2.21. The van der Waals surface area contributed by atoms with Crippen LogP contribution in [-0.2, 0) is 0 Å². The van der Waals surface area contributed by atoms with Crippen LogP contribution in [0.1, 0.15) is 22.5 Å². The summed E-state index contributed by atoms with van der Waals surface area (Å²) in [6.07, 6.45) is 3.67. The number of amides is 1. The fraction of sp³-hybridized carbons (Fsp3) is 0.300.